The van der Waals surface area contributed by atoms with Crippen LogP contribution in [0.4, 0.5) is 5.69 Å². The monoisotopic (exact) mass is 414 g/mol. The molecule has 156 valence electrons. The number of para-hydroxylation sites is 1. The molecule has 2 N–H and O–H groups in total. The zero-order chi connectivity index (χ0) is 22.0. The van der Waals surface area contributed by atoms with E-state index < -0.39 is 11.9 Å². The third kappa shape index (κ3) is 4.45. The highest BCUT2D eigenvalue weighted by Gasteiger charge is 2.13. The molecular weight excluding hydrogens is 392 g/mol. The SMILES string of the molecule is Cc1cc(NC(=O)COC(=O)c2ccc(-c3nc(C)c(C)[nH]3)cc2)c2ccccc2n1. The summed E-state index contributed by atoms with van der Waals surface area (Å²) in [4.78, 5) is 36.8. The van der Waals surface area contributed by atoms with Crippen LogP contribution in [0.3, 0.4) is 0 Å². The summed E-state index contributed by atoms with van der Waals surface area (Å²) in [5.41, 5.74) is 5.37. The Kier molecular flexibility index (Phi) is 5.49. The minimum atomic E-state index is -0.565. The van der Waals surface area contributed by atoms with Crippen molar-refractivity contribution in [3.63, 3.8) is 0 Å². The number of aromatic nitrogens is 3. The predicted octanol–water partition coefficient (Wildman–Crippen LogP) is 4.35. The highest BCUT2D eigenvalue weighted by atomic mass is 16.5. The molecule has 1 amide bonds. The van der Waals surface area contributed by atoms with Gasteiger partial charge in [-0.2, -0.15) is 0 Å². The largest absolute Gasteiger partial charge is 0.452 e. The second kappa shape index (κ2) is 8.39. The summed E-state index contributed by atoms with van der Waals surface area (Å²) in [6.45, 7) is 5.37. The molecule has 0 radical (unpaired) electrons. The number of nitrogens with zero attached hydrogens (tertiary/aromatic N) is 2. The molecule has 0 spiro atoms. The van der Waals surface area contributed by atoms with Crippen molar-refractivity contribution >= 4 is 28.5 Å². The smallest absolute Gasteiger partial charge is 0.338 e. The third-order valence-corrected chi connectivity index (χ3v) is 4.97. The van der Waals surface area contributed by atoms with Crippen molar-refractivity contribution in [1.82, 2.24) is 15.0 Å². The Labute approximate surface area is 179 Å². The van der Waals surface area contributed by atoms with Crippen LogP contribution in [0.2, 0.25) is 0 Å². The van der Waals surface area contributed by atoms with E-state index in [0.717, 1.165) is 39.4 Å². The maximum Gasteiger partial charge on any atom is 0.338 e. The number of carbonyl (C=O) groups excluding carboxylic acids is 2. The number of carbonyl (C=O) groups is 2. The van der Waals surface area contributed by atoms with Crippen molar-refractivity contribution < 1.29 is 14.3 Å². The Hall–Kier alpha value is -4.00. The van der Waals surface area contributed by atoms with Crippen LogP contribution in [-0.4, -0.2) is 33.4 Å². The Morgan fingerprint density at radius 2 is 1.74 bits per heavy atom. The number of ether oxygens (including phenoxy) is 1. The summed E-state index contributed by atoms with van der Waals surface area (Å²) < 4.78 is 5.18. The molecule has 31 heavy (non-hydrogen) atoms. The van der Waals surface area contributed by atoms with Crippen LogP contribution >= 0.6 is 0 Å². The lowest BCUT2D eigenvalue weighted by Crippen LogP contribution is -2.21. The number of hydrogen-bond donors (Lipinski definition) is 2. The number of amides is 1. The van der Waals surface area contributed by atoms with Gasteiger partial charge in [-0.15, -0.1) is 0 Å². The first kappa shape index (κ1) is 20.3. The summed E-state index contributed by atoms with van der Waals surface area (Å²) in [5.74, 6) is -0.235. The second-order valence-electron chi connectivity index (χ2n) is 7.33. The quantitative estimate of drug-likeness (QED) is 0.473. The number of aromatic amines is 1. The number of nitrogens with one attached hydrogen (secondary N) is 2. The van der Waals surface area contributed by atoms with E-state index in [0.29, 0.717) is 11.3 Å². The number of rotatable bonds is 5. The predicted molar refractivity (Wildman–Crippen MR) is 119 cm³/mol. The minimum absolute atomic E-state index is 0.363. The van der Waals surface area contributed by atoms with E-state index in [1.54, 1.807) is 30.3 Å². The number of benzene rings is 2. The molecule has 0 atom stereocenters. The molecule has 0 aliphatic rings. The van der Waals surface area contributed by atoms with Crippen molar-refractivity contribution in [2.75, 3.05) is 11.9 Å². The zero-order valence-corrected chi connectivity index (χ0v) is 17.5. The van der Waals surface area contributed by atoms with Crippen molar-refractivity contribution in [2.24, 2.45) is 0 Å². The number of pyridine rings is 1. The first-order valence-corrected chi connectivity index (χ1v) is 9.88. The van der Waals surface area contributed by atoms with E-state index in [1.165, 1.54) is 0 Å². The normalized spacial score (nSPS) is 10.8. The van der Waals surface area contributed by atoms with Crippen LogP contribution in [0.5, 0.6) is 0 Å². The highest BCUT2D eigenvalue weighted by molar-refractivity contribution is 6.02. The maximum atomic E-state index is 12.4. The standard InChI is InChI=1S/C24H22N4O3/c1-14-12-21(19-6-4-5-7-20(19)25-14)28-22(29)13-31-24(30)18-10-8-17(9-11-18)23-26-15(2)16(3)27-23/h4-12H,13H2,1-3H3,(H,26,27)(H,25,28,29). The summed E-state index contributed by atoms with van der Waals surface area (Å²) in [6.07, 6.45) is 0. The Bertz CT molecular complexity index is 1260. The van der Waals surface area contributed by atoms with Crippen LogP contribution in [-0.2, 0) is 9.53 Å². The molecule has 4 aromatic rings. The molecule has 0 saturated heterocycles. The molecule has 0 aliphatic heterocycles. The van der Waals surface area contributed by atoms with Gasteiger partial charge in [-0.05, 0) is 45.0 Å². The fourth-order valence-electron chi connectivity index (χ4n) is 3.26. The average Bonchev–Trinajstić information content (AvgIpc) is 3.10. The van der Waals surface area contributed by atoms with E-state index in [-0.39, 0.29) is 6.61 Å². The van der Waals surface area contributed by atoms with Crippen molar-refractivity contribution in [3.8, 4) is 11.4 Å². The number of hydrogen-bond acceptors (Lipinski definition) is 5. The zero-order valence-electron chi connectivity index (χ0n) is 17.5. The number of aryl methyl sites for hydroxylation is 3. The van der Waals surface area contributed by atoms with Gasteiger partial charge in [0.2, 0.25) is 0 Å². The molecule has 2 heterocycles. The number of esters is 1. The number of fused-ring (bicyclic) bond motifs is 1. The molecule has 4 rings (SSSR count). The van der Waals surface area contributed by atoms with Gasteiger partial charge in [0.25, 0.3) is 5.91 Å². The third-order valence-electron chi connectivity index (χ3n) is 4.97. The van der Waals surface area contributed by atoms with Gasteiger partial charge < -0.3 is 15.0 Å². The van der Waals surface area contributed by atoms with Crippen LogP contribution < -0.4 is 5.32 Å². The molecule has 0 saturated carbocycles. The van der Waals surface area contributed by atoms with Gasteiger partial charge >= 0.3 is 5.97 Å². The lowest BCUT2D eigenvalue weighted by Gasteiger charge is -2.10. The van der Waals surface area contributed by atoms with E-state index in [4.69, 9.17) is 4.74 Å². The molecule has 2 aromatic carbocycles. The first-order chi connectivity index (χ1) is 14.9. The molecular formula is C24H22N4O3. The molecule has 7 nitrogen and oxygen atoms in total. The van der Waals surface area contributed by atoms with Gasteiger partial charge in [0.15, 0.2) is 6.61 Å². The highest BCUT2D eigenvalue weighted by Crippen LogP contribution is 2.23. The summed E-state index contributed by atoms with van der Waals surface area (Å²) in [7, 11) is 0. The number of H-pyrrole nitrogens is 1. The van der Waals surface area contributed by atoms with Crippen molar-refractivity contribution in [3.05, 3.63) is 77.2 Å². The maximum absolute atomic E-state index is 12.4. The van der Waals surface area contributed by atoms with Gasteiger partial charge in [-0.1, -0.05) is 30.3 Å². The topological polar surface area (TPSA) is 97.0 Å². The lowest BCUT2D eigenvalue weighted by molar-refractivity contribution is -0.119. The fraction of sp³-hybridized carbons (Fsp3) is 0.167. The first-order valence-electron chi connectivity index (χ1n) is 9.88. The number of anilines is 1. The Morgan fingerprint density at radius 1 is 1.00 bits per heavy atom. The van der Waals surface area contributed by atoms with Gasteiger partial charge in [0, 0.05) is 22.3 Å². The molecule has 7 heteroatoms. The van der Waals surface area contributed by atoms with E-state index in [9.17, 15) is 9.59 Å². The van der Waals surface area contributed by atoms with E-state index >= 15 is 0 Å². The van der Waals surface area contributed by atoms with Crippen LogP contribution in [0.25, 0.3) is 22.3 Å². The molecule has 0 unspecified atom stereocenters. The molecule has 0 bridgehead atoms. The molecule has 2 aromatic heterocycles. The second-order valence-corrected chi connectivity index (χ2v) is 7.33. The summed E-state index contributed by atoms with van der Waals surface area (Å²) in [6, 6.07) is 16.2. The molecule has 0 fully saturated rings. The lowest BCUT2D eigenvalue weighted by atomic mass is 10.1. The van der Waals surface area contributed by atoms with Gasteiger partial charge in [0.1, 0.15) is 5.82 Å². The Balaban J connectivity index is 1.39. The van der Waals surface area contributed by atoms with E-state index in [2.05, 4.69) is 20.3 Å². The van der Waals surface area contributed by atoms with Crippen LogP contribution in [0.1, 0.15) is 27.4 Å². The van der Waals surface area contributed by atoms with E-state index in [1.807, 2.05) is 45.0 Å². The van der Waals surface area contributed by atoms with Gasteiger partial charge in [-0.3, -0.25) is 9.78 Å². The average molecular weight is 414 g/mol. The van der Waals surface area contributed by atoms with Gasteiger partial charge in [-0.25, -0.2) is 9.78 Å². The fourth-order valence-corrected chi connectivity index (χ4v) is 3.26. The minimum Gasteiger partial charge on any atom is -0.452 e. The summed E-state index contributed by atoms with van der Waals surface area (Å²) in [5, 5.41) is 3.63. The van der Waals surface area contributed by atoms with Crippen LogP contribution in [0.15, 0.2) is 54.6 Å². The van der Waals surface area contributed by atoms with Crippen LogP contribution in [0, 0.1) is 20.8 Å². The van der Waals surface area contributed by atoms with Crippen molar-refractivity contribution in [1.29, 1.82) is 0 Å². The molecule has 0 aliphatic carbocycles. The summed E-state index contributed by atoms with van der Waals surface area (Å²) >= 11 is 0. The van der Waals surface area contributed by atoms with Crippen molar-refractivity contribution in [2.45, 2.75) is 20.8 Å². The van der Waals surface area contributed by atoms with Gasteiger partial charge in [0.05, 0.1) is 22.5 Å². The number of imidazole rings is 1. The Morgan fingerprint density at radius 3 is 2.45 bits per heavy atom.